The van der Waals surface area contributed by atoms with Crippen LogP contribution in [0, 0.1) is 5.92 Å². The minimum absolute atomic E-state index is 0.186. The number of amides is 1. The SMILES string of the molecule is CC(c1ccccc1)N1CCC(CNc2ccccc2C(=O)Nc2ccc(Cl)cn2)CC1. The van der Waals surface area contributed by atoms with E-state index in [1.807, 2.05) is 24.3 Å². The number of hydrogen-bond acceptors (Lipinski definition) is 4. The normalized spacial score (nSPS) is 15.8. The molecule has 1 atom stereocenters. The summed E-state index contributed by atoms with van der Waals surface area (Å²) in [6.07, 6.45) is 3.81. The molecule has 32 heavy (non-hydrogen) atoms. The lowest BCUT2D eigenvalue weighted by molar-refractivity contribution is 0.102. The van der Waals surface area contributed by atoms with Gasteiger partial charge in [0.05, 0.1) is 10.6 Å². The van der Waals surface area contributed by atoms with Crippen LogP contribution in [-0.2, 0) is 0 Å². The molecule has 1 aliphatic rings. The molecule has 0 bridgehead atoms. The highest BCUT2D eigenvalue weighted by Crippen LogP contribution is 2.27. The van der Waals surface area contributed by atoms with Gasteiger partial charge in [-0.2, -0.15) is 0 Å². The zero-order chi connectivity index (χ0) is 22.3. The zero-order valence-corrected chi connectivity index (χ0v) is 19.1. The van der Waals surface area contributed by atoms with Gasteiger partial charge in [-0.3, -0.25) is 9.69 Å². The predicted octanol–water partition coefficient (Wildman–Crippen LogP) is 5.87. The minimum atomic E-state index is -0.186. The number of rotatable bonds is 7. The minimum Gasteiger partial charge on any atom is -0.384 e. The molecule has 4 rings (SSSR count). The molecule has 1 aliphatic heterocycles. The van der Waals surface area contributed by atoms with E-state index in [-0.39, 0.29) is 5.91 Å². The summed E-state index contributed by atoms with van der Waals surface area (Å²) < 4.78 is 0. The van der Waals surface area contributed by atoms with E-state index >= 15 is 0 Å². The van der Waals surface area contributed by atoms with Crippen LogP contribution in [0.4, 0.5) is 11.5 Å². The molecule has 2 heterocycles. The number of benzene rings is 2. The highest BCUT2D eigenvalue weighted by molar-refractivity contribution is 6.30. The second-order valence-corrected chi connectivity index (χ2v) is 8.74. The Hall–Kier alpha value is -2.89. The molecule has 0 radical (unpaired) electrons. The Kier molecular flexibility index (Phi) is 7.40. The van der Waals surface area contributed by atoms with E-state index in [0.29, 0.717) is 28.4 Å². The van der Waals surface area contributed by atoms with Crippen molar-refractivity contribution in [2.24, 2.45) is 5.92 Å². The van der Waals surface area contributed by atoms with Crippen molar-refractivity contribution >= 4 is 29.0 Å². The van der Waals surface area contributed by atoms with Crippen molar-refractivity contribution in [3.05, 3.63) is 89.1 Å². The molecule has 2 N–H and O–H groups in total. The Morgan fingerprint density at radius 2 is 1.78 bits per heavy atom. The molecule has 1 unspecified atom stereocenters. The van der Waals surface area contributed by atoms with Crippen LogP contribution in [0.25, 0.3) is 0 Å². The first-order valence-electron chi connectivity index (χ1n) is 11.1. The number of halogens is 1. The van der Waals surface area contributed by atoms with Crippen molar-refractivity contribution < 1.29 is 4.79 Å². The molecule has 1 amide bonds. The van der Waals surface area contributed by atoms with Crippen molar-refractivity contribution in [1.82, 2.24) is 9.88 Å². The first kappa shape index (κ1) is 22.3. The molecule has 3 aromatic rings. The summed E-state index contributed by atoms with van der Waals surface area (Å²) in [7, 11) is 0. The van der Waals surface area contributed by atoms with Gasteiger partial charge in [-0.25, -0.2) is 4.98 Å². The summed E-state index contributed by atoms with van der Waals surface area (Å²) in [5.41, 5.74) is 2.83. The Labute approximate surface area is 194 Å². The molecule has 0 saturated carbocycles. The molecular formula is C26H29ClN4O. The van der Waals surface area contributed by atoms with E-state index in [2.05, 4.69) is 57.8 Å². The largest absolute Gasteiger partial charge is 0.384 e. The van der Waals surface area contributed by atoms with Gasteiger partial charge in [0.1, 0.15) is 5.82 Å². The third-order valence-electron chi connectivity index (χ3n) is 6.20. The average molecular weight is 449 g/mol. The summed E-state index contributed by atoms with van der Waals surface area (Å²) >= 11 is 5.87. The molecular weight excluding hydrogens is 420 g/mol. The third-order valence-corrected chi connectivity index (χ3v) is 6.42. The van der Waals surface area contributed by atoms with Gasteiger partial charge < -0.3 is 10.6 Å². The number of piperidine rings is 1. The fraction of sp³-hybridized carbons (Fsp3) is 0.308. The van der Waals surface area contributed by atoms with Gasteiger partial charge >= 0.3 is 0 Å². The summed E-state index contributed by atoms with van der Waals surface area (Å²) in [6.45, 7) is 5.33. The van der Waals surface area contributed by atoms with Crippen LogP contribution >= 0.6 is 11.6 Å². The highest BCUT2D eigenvalue weighted by atomic mass is 35.5. The van der Waals surface area contributed by atoms with E-state index < -0.39 is 0 Å². The topological polar surface area (TPSA) is 57.3 Å². The summed E-state index contributed by atoms with van der Waals surface area (Å²) in [6, 6.07) is 22.2. The molecule has 1 aromatic heterocycles. The molecule has 6 heteroatoms. The quantitative estimate of drug-likeness (QED) is 0.474. The number of pyridine rings is 1. The first-order chi connectivity index (χ1) is 15.6. The van der Waals surface area contributed by atoms with Crippen molar-refractivity contribution in [3.63, 3.8) is 0 Å². The van der Waals surface area contributed by atoms with Gasteiger partial charge in [-0.1, -0.05) is 54.1 Å². The number of anilines is 2. The average Bonchev–Trinajstić information content (AvgIpc) is 2.85. The smallest absolute Gasteiger partial charge is 0.258 e. The lowest BCUT2D eigenvalue weighted by atomic mass is 9.94. The fourth-order valence-corrected chi connectivity index (χ4v) is 4.32. The van der Waals surface area contributed by atoms with Gasteiger partial charge in [0.25, 0.3) is 5.91 Å². The maximum atomic E-state index is 12.8. The Bertz CT molecular complexity index is 1020. The number of nitrogens with one attached hydrogen (secondary N) is 2. The maximum Gasteiger partial charge on any atom is 0.258 e. The van der Waals surface area contributed by atoms with Crippen LogP contribution in [0.1, 0.15) is 41.7 Å². The van der Waals surface area contributed by atoms with Crippen molar-refractivity contribution in [1.29, 1.82) is 0 Å². The van der Waals surface area contributed by atoms with E-state index in [1.165, 1.54) is 11.8 Å². The molecule has 1 fully saturated rings. The number of likely N-dealkylation sites (tertiary alicyclic amines) is 1. The Morgan fingerprint density at radius 3 is 2.50 bits per heavy atom. The van der Waals surface area contributed by atoms with Crippen LogP contribution in [0.5, 0.6) is 0 Å². The fourth-order valence-electron chi connectivity index (χ4n) is 4.21. The summed E-state index contributed by atoms with van der Waals surface area (Å²) in [5, 5.41) is 6.89. The number of aromatic nitrogens is 1. The van der Waals surface area contributed by atoms with Crippen LogP contribution in [0.15, 0.2) is 72.9 Å². The Morgan fingerprint density at radius 1 is 1.06 bits per heavy atom. The molecule has 5 nitrogen and oxygen atoms in total. The monoisotopic (exact) mass is 448 g/mol. The number of nitrogens with zero attached hydrogens (tertiary/aromatic N) is 2. The van der Waals surface area contributed by atoms with E-state index in [9.17, 15) is 4.79 Å². The summed E-state index contributed by atoms with van der Waals surface area (Å²) in [5.74, 6) is 0.881. The van der Waals surface area contributed by atoms with Crippen LogP contribution in [0.3, 0.4) is 0 Å². The Balaban J connectivity index is 1.31. The van der Waals surface area contributed by atoms with Gasteiger partial charge in [-0.15, -0.1) is 0 Å². The lowest BCUT2D eigenvalue weighted by Gasteiger charge is -2.36. The number of hydrogen-bond donors (Lipinski definition) is 2. The first-order valence-corrected chi connectivity index (χ1v) is 11.5. The second kappa shape index (κ2) is 10.6. The predicted molar refractivity (Wildman–Crippen MR) is 131 cm³/mol. The standard InChI is InChI=1S/C26H29ClN4O/c1-19(21-7-3-2-4-8-21)31-15-13-20(14-16-31)17-28-24-10-6-5-9-23(24)26(32)30-25-12-11-22(27)18-29-25/h2-12,18-20,28H,13-17H2,1H3,(H,29,30,32). The van der Waals surface area contributed by atoms with E-state index in [1.54, 1.807) is 12.1 Å². The van der Waals surface area contributed by atoms with Gasteiger partial charge in [0, 0.05) is 24.5 Å². The van der Waals surface area contributed by atoms with E-state index in [4.69, 9.17) is 11.6 Å². The molecule has 0 aliphatic carbocycles. The highest BCUT2D eigenvalue weighted by Gasteiger charge is 2.23. The number of para-hydroxylation sites is 1. The molecule has 166 valence electrons. The van der Waals surface area contributed by atoms with Crippen LogP contribution < -0.4 is 10.6 Å². The molecule has 0 spiro atoms. The lowest BCUT2D eigenvalue weighted by Crippen LogP contribution is -2.37. The van der Waals surface area contributed by atoms with Crippen LogP contribution in [-0.4, -0.2) is 35.4 Å². The maximum absolute atomic E-state index is 12.8. The van der Waals surface area contributed by atoms with Crippen molar-refractivity contribution in [2.75, 3.05) is 30.3 Å². The van der Waals surface area contributed by atoms with Crippen LogP contribution in [0.2, 0.25) is 5.02 Å². The number of carbonyl (C=O) groups excluding carboxylic acids is 1. The summed E-state index contributed by atoms with van der Waals surface area (Å²) in [4.78, 5) is 19.5. The third kappa shape index (κ3) is 5.67. The van der Waals surface area contributed by atoms with E-state index in [0.717, 1.165) is 38.2 Å². The van der Waals surface area contributed by atoms with Gasteiger partial charge in [-0.05, 0) is 68.6 Å². The van der Waals surface area contributed by atoms with Gasteiger partial charge in [0.15, 0.2) is 0 Å². The van der Waals surface area contributed by atoms with Crippen molar-refractivity contribution in [2.45, 2.75) is 25.8 Å². The van der Waals surface area contributed by atoms with Gasteiger partial charge in [0.2, 0.25) is 0 Å². The second-order valence-electron chi connectivity index (χ2n) is 8.31. The molecule has 1 saturated heterocycles. The number of carbonyl (C=O) groups is 1. The molecule has 2 aromatic carbocycles. The van der Waals surface area contributed by atoms with Crippen molar-refractivity contribution in [3.8, 4) is 0 Å². The zero-order valence-electron chi connectivity index (χ0n) is 18.3.